The molecule has 2 aromatic rings. The van der Waals surface area contributed by atoms with Crippen LogP contribution in [0.25, 0.3) is 0 Å². The van der Waals surface area contributed by atoms with Crippen molar-refractivity contribution < 1.29 is 18.8 Å². The van der Waals surface area contributed by atoms with E-state index in [1.165, 1.54) is 19.3 Å². The first-order valence-corrected chi connectivity index (χ1v) is 17.1. The van der Waals surface area contributed by atoms with Crippen LogP contribution in [0.2, 0.25) is 0 Å². The maximum Gasteiger partial charge on any atom is 0.279 e. The number of rotatable bonds is 17. The summed E-state index contributed by atoms with van der Waals surface area (Å²) in [5, 5.41) is 6.41. The van der Waals surface area contributed by atoms with Crippen LogP contribution in [0, 0.1) is 27.7 Å². The van der Waals surface area contributed by atoms with Gasteiger partial charge in [-0.1, -0.05) is 43.9 Å². The first-order chi connectivity index (χ1) is 21.1. The zero-order valence-electron chi connectivity index (χ0n) is 28.7. The topological polar surface area (TPSA) is 70.7 Å². The van der Waals surface area contributed by atoms with Crippen molar-refractivity contribution in [2.45, 2.75) is 106 Å². The number of para-hydroxylation sites is 1. The molecule has 3 rings (SSSR count). The zero-order chi connectivity index (χ0) is 32.1. The number of likely N-dealkylation sites (N-methyl/N-ethyl adjacent to an activating group) is 1. The summed E-state index contributed by atoms with van der Waals surface area (Å²) in [6.07, 6.45) is 8.85. The first-order valence-electron chi connectivity index (χ1n) is 17.1. The lowest BCUT2D eigenvalue weighted by Gasteiger charge is -2.35. The number of ether oxygens (including phenoxy) is 1. The van der Waals surface area contributed by atoms with Gasteiger partial charge in [0.15, 0.2) is 6.54 Å². The molecule has 7 heteroatoms. The minimum Gasteiger partial charge on any atom is -0.494 e. The lowest BCUT2D eigenvalue weighted by molar-refractivity contribution is -0.915. The lowest BCUT2D eigenvalue weighted by atomic mass is 10.00. The summed E-state index contributed by atoms with van der Waals surface area (Å²) >= 11 is 0. The first kappa shape index (κ1) is 35.6. The molecule has 1 aliphatic heterocycles. The largest absolute Gasteiger partial charge is 0.494 e. The van der Waals surface area contributed by atoms with Crippen molar-refractivity contribution in [2.75, 3.05) is 56.5 Å². The summed E-state index contributed by atoms with van der Waals surface area (Å²) in [6, 6.07) is 10.2. The van der Waals surface area contributed by atoms with Crippen LogP contribution in [-0.2, 0) is 9.59 Å². The molecule has 44 heavy (non-hydrogen) atoms. The van der Waals surface area contributed by atoms with Crippen LogP contribution in [0.4, 0.5) is 11.4 Å². The molecule has 1 fully saturated rings. The minimum atomic E-state index is -0.0282. The monoisotopic (exact) mass is 607 g/mol. The summed E-state index contributed by atoms with van der Waals surface area (Å²) < 4.78 is 6.90. The third kappa shape index (κ3) is 10.1. The molecule has 2 amide bonds. The van der Waals surface area contributed by atoms with Gasteiger partial charge in [-0.15, -0.1) is 0 Å². The van der Waals surface area contributed by atoms with Gasteiger partial charge in [0.25, 0.3) is 5.91 Å². The van der Waals surface area contributed by atoms with Crippen LogP contribution in [0.15, 0.2) is 30.3 Å². The van der Waals surface area contributed by atoms with Crippen molar-refractivity contribution in [1.29, 1.82) is 0 Å². The van der Waals surface area contributed by atoms with E-state index in [9.17, 15) is 9.59 Å². The Bertz CT molecular complexity index is 1170. The Hall–Kier alpha value is -2.90. The SMILES string of the molecule is CC[N+](CC)(CC)CC(=O)Nc1c(C)cc(OCCCCCCCN2CCCCC2C(=O)Nc2c(C)cccc2C)cc1C. The molecule has 7 nitrogen and oxygen atoms in total. The number of piperidine rings is 1. The van der Waals surface area contributed by atoms with Gasteiger partial charge >= 0.3 is 0 Å². The molecule has 2 N–H and O–H groups in total. The van der Waals surface area contributed by atoms with Gasteiger partial charge in [-0.2, -0.15) is 0 Å². The molecule has 1 unspecified atom stereocenters. The van der Waals surface area contributed by atoms with Gasteiger partial charge < -0.3 is 19.9 Å². The number of hydrogen-bond acceptors (Lipinski definition) is 4. The second-order valence-corrected chi connectivity index (χ2v) is 12.8. The Balaban J connectivity index is 1.36. The van der Waals surface area contributed by atoms with Crippen molar-refractivity contribution in [3.05, 3.63) is 52.6 Å². The number of carbonyl (C=O) groups excluding carboxylic acids is 2. The summed E-state index contributed by atoms with van der Waals surface area (Å²) in [4.78, 5) is 28.5. The molecule has 0 aromatic heterocycles. The molecule has 1 heterocycles. The van der Waals surface area contributed by atoms with E-state index in [4.69, 9.17) is 4.74 Å². The number of anilines is 2. The van der Waals surface area contributed by atoms with Crippen LogP contribution in [0.5, 0.6) is 5.75 Å². The average molecular weight is 608 g/mol. The fraction of sp³-hybridized carbons (Fsp3) is 0.622. The third-order valence-corrected chi connectivity index (χ3v) is 9.77. The number of quaternary nitrogens is 1. The Morgan fingerprint density at radius 1 is 0.818 bits per heavy atom. The minimum absolute atomic E-state index is 0.0282. The second-order valence-electron chi connectivity index (χ2n) is 12.8. The number of aryl methyl sites for hydroxylation is 4. The number of benzene rings is 2. The van der Waals surface area contributed by atoms with Crippen molar-refractivity contribution in [2.24, 2.45) is 0 Å². The number of nitrogens with one attached hydrogen (secondary N) is 2. The Labute approximate surface area is 267 Å². The van der Waals surface area contributed by atoms with Gasteiger partial charge in [0.2, 0.25) is 5.91 Å². The Morgan fingerprint density at radius 3 is 2.05 bits per heavy atom. The zero-order valence-corrected chi connectivity index (χ0v) is 28.7. The molecule has 0 saturated carbocycles. The fourth-order valence-electron chi connectivity index (χ4n) is 6.61. The Morgan fingerprint density at radius 2 is 1.41 bits per heavy atom. The van der Waals surface area contributed by atoms with Gasteiger partial charge in [0, 0.05) is 11.4 Å². The fourth-order valence-corrected chi connectivity index (χ4v) is 6.61. The maximum atomic E-state index is 13.2. The van der Waals surface area contributed by atoms with Gasteiger partial charge in [-0.3, -0.25) is 14.5 Å². The van der Waals surface area contributed by atoms with Gasteiger partial charge in [0.1, 0.15) is 5.75 Å². The average Bonchev–Trinajstić information content (AvgIpc) is 3.01. The van der Waals surface area contributed by atoms with E-state index in [0.29, 0.717) is 13.2 Å². The van der Waals surface area contributed by atoms with Crippen molar-refractivity contribution in [1.82, 2.24) is 4.90 Å². The number of likely N-dealkylation sites (tertiary alicyclic amines) is 1. The van der Waals surface area contributed by atoms with E-state index >= 15 is 0 Å². The van der Waals surface area contributed by atoms with Crippen molar-refractivity contribution in [3.63, 3.8) is 0 Å². The van der Waals surface area contributed by atoms with Crippen LogP contribution in [0.1, 0.15) is 94.4 Å². The summed E-state index contributed by atoms with van der Waals surface area (Å²) in [6.45, 7) is 20.7. The number of hydrogen-bond donors (Lipinski definition) is 2. The van der Waals surface area contributed by atoms with Crippen molar-refractivity contribution in [3.8, 4) is 5.75 Å². The predicted octanol–water partition coefficient (Wildman–Crippen LogP) is 7.56. The molecule has 1 aliphatic rings. The number of nitrogens with zero attached hydrogens (tertiary/aromatic N) is 2. The number of amides is 2. The van der Waals surface area contributed by atoms with Crippen LogP contribution >= 0.6 is 0 Å². The summed E-state index contributed by atoms with van der Waals surface area (Å²) in [7, 11) is 0. The van der Waals surface area contributed by atoms with Crippen molar-refractivity contribution >= 4 is 23.2 Å². The quantitative estimate of drug-likeness (QED) is 0.144. The standard InChI is InChI=1S/C37H58N4O3/c1-8-41(9-2,10-3)27-34(42)38-36-30(6)25-32(26-31(36)7)44-24-17-13-11-12-15-22-40-23-16-14-21-33(40)37(43)39-35-28(4)19-18-20-29(35)5/h18-20,25-26,33H,8-17,21-24,27H2,1-7H3,(H-,38,39,42,43)/p+1. The highest BCUT2D eigenvalue weighted by Crippen LogP contribution is 2.27. The maximum absolute atomic E-state index is 13.2. The molecule has 0 bridgehead atoms. The van der Waals surface area contributed by atoms with E-state index < -0.39 is 0 Å². The highest BCUT2D eigenvalue weighted by atomic mass is 16.5. The molecule has 1 atom stereocenters. The molecule has 1 saturated heterocycles. The summed E-state index contributed by atoms with van der Waals surface area (Å²) in [5.41, 5.74) is 6.18. The van der Waals surface area contributed by atoms with Crippen LogP contribution in [0.3, 0.4) is 0 Å². The van der Waals surface area contributed by atoms with E-state index in [1.807, 2.05) is 32.0 Å². The van der Waals surface area contributed by atoms with Gasteiger partial charge in [-0.25, -0.2) is 0 Å². The van der Waals surface area contributed by atoms with E-state index in [0.717, 1.165) is 109 Å². The molecular weight excluding hydrogens is 548 g/mol. The third-order valence-electron chi connectivity index (χ3n) is 9.77. The second kappa shape index (κ2) is 17.6. The van der Waals surface area contributed by atoms with Gasteiger partial charge in [-0.05, 0) is 122 Å². The lowest BCUT2D eigenvalue weighted by Crippen LogP contribution is -2.52. The molecule has 2 aromatic carbocycles. The van der Waals surface area contributed by atoms with E-state index in [2.05, 4.69) is 62.3 Å². The molecule has 0 spiro atoms. The molecule has 244 valence electrons. The Kier molecular flexibility index (Phi) is 14.2. The highest BCUT2D eigenvalue weighted by Gasteiger charge is 2.29. The normalized spacial score (nSPS) is 15.7. The van der Waals surface area contributed by atoms with E-state index in [1.54, 1.807) is 0 Å². The van der Waals surface area contributed by atoms with E-state index in [-0.39, 0.29) is 17.9 Å². The molecule has 0 aliphatic carbocycles. The number of carbonyl (C=O) groups is 2. The number of unbranched alkanes of at least 4 members (excludes halogenated alkanes) is 4. The molecule has 0 radical (unpaired) electrons. The highest BCUT2D eigenvalue weighted by molar-refractivity contribution is 5.96. The smallest absolute Gasteiger partial charge is 0.279 e. The van der Waals surface area contributed by atoms with Gasteiger partial charge in [0.05, 0.1) is 32.3 Å². The van der Waals surface area contributed by atoms with Crippen LogP contribution < -0.4 is 15.4 Å². The summed E-state index contributed by atoms with van der Waals surface area (Å²) in [5.74, 6) is 1.09. The van der Waals surface area contributed by atoms with Crippen LogP contribution in [-0.4, -0.2) is 73.1 Å². The molecular formula is C37H59N4O3+. The predicted molar refractivity (Wildman–Crippen MR) is 184 cm³/mol.